The van der Waals surface area contributed by atoms with Crippen molar-refractivity contribution in [3.63, 3.8) is 0 Å². The molecular formula is C16H20O. The molecule has 1 N–H and O–H groups in total. The van der Waals surface area contributed by atoms with Crippen molar-refractivity contribution in [1.29, 1.82) is 0 Å². The van der Waals surface area contributed by atoms with E-state index in [0.717, 1.165) is 23.7 Å². The smallest absolute Gasteiger partial charge is 0.0490 e. The summed E-state index contributed by atoms with van der Waals surface area (Å²) in [7, 11) is 0. The number of aliphatic hydroxyl groups is 1. The third-order valence-corrected chi connectivity index (χ3v) is 5.53. The van der Waals surface area contributed by atoms with E-state index in [1.54, 1.807) is 0 Å². The summed E-state index contributed by atoms with van der Waals surface area (Å²) >= 11 is 0. The zero-order chi connectivity index (χ0) is 11.5. The topological polar surface area (TPSA) is 20.2 Å². The summed E-state index contributed by atoms with van der Waals surface area (Å²) in [6.45, 7) is 0.425. The van der Waals surface area contributed by atoms with E-state index >= 15 is 0 Å². The van der Waals surface area contributed by atoms with Gasteiger partial charge in [0.2, 0.25) is 0 Å². The summed E-state index contributed by atoms with van der Waals surface area (Å²) in [6.07, 6.45) is 5.37. The van der Waals surface area contributed by atoms with Gasteiger partial charge < -0.3 is 5.11 Å². The molecule has 1 heteroatoms. The van der Waals surface area contributed by atoms with Gasteiger partial charge in [-0.3, -0.25) is 0 Å². The van der Waals surface area contributed by atoms with Gasteiger partial charge in [-0.25, -0.2) is 0 Å². The fraction of sp³-hybridized carbons (Fsp3) is 0.625. The van der Waals surface area contributed by atoms with Crippen molar-refractivity contribution in [1.82, 2.24) is 0 Å². The zero-order valence-electron chi connectivity index (χ0n) is 10.2. The predicted molar refractivity (Wildman–Crippen MR) is 67.6 cm³/mol. The van der Waals surface area contributed by atoms with Gasteiger partial charge in [-0.1, -0.05) is 30.3 Å². The van der Waals surface area contributed by atoms with Gasteiger partial charge in [-0.15, -0.1) is 0 Å². The summed E-state index contributed by atoms with van der Waals surface area (Å²) in [5.74, 6) is 3.45. The molecule has 4 rings (SSSR count). The Morgan fingerprint density at radius 2 is 1.76 bits per heavy atom. The van der Waals surface area contributed by atoms with Crippen molar-refractivity contribution in [2.75, 3.05) is 6.61 Å². The van der Waals surface area contributed by atoms with Crippen LogP contribution in [-0.4, -0.2) is 11.7 Å². The van der Waals surface area contributed by atoms with Gasteiger partial charge in [0.1, 0.15) is 0 Å². The Labute approximate surface area is 103 Å². The Bertz CT molecular complexity index is 414. The highest BCUT2D eigenvalue weighted by molar-refractivity contribution is 5.28. The van der Waals surface area contributed by atoms with Crippen LogP contribution in [0.2, 0.25) is 0 Å². The van der Waals surface area contributed by atoms with Gasteiger partial charge in [-0.2, -0.15) is 0 Å². The lowest BCUT2D eigenvalue weighted by atomic mass is 9.77. The van der Waals surface area contributed by atoms with Crippen LogP contribution in [-0.2, 0) is 0 Å². The van der Waals surface area contributed by atoms with E-state index in [4.69, 9.17) is 0 Å². The normalized spacial score (nSPS) is 46.6. The van der Waals surface area contributed by atoms with E-state index in [1.165, 1.54) is 31.2 Å². The van der Waals surface area contributed by atoms with Gasteiger partial charge >= 0.3 is 0 Å². The molecule has 17 heavy (non-hydrogen) atoms. The first-order chi connectivity index (χ1) is 8.32. The lowest BCUT2D eigenvalue weighted by Crippen LogP contribution is -2.26. The van der Waals surface area contributed by atoms with Crippen LogP contribution in [0.15, 0.2) is 30.3 Å². The maximum atomic E-state index is 9.83. The molecule has 0 spiro atoms. The van der Waals surface area contributed by atoms with E-state index in [1.807, 2.05) is 0 Å². The van der Waals surface area contributed by atoms with E-state index in [0.29, 0.717) is 12.0 Å². The third kappa shape index (κ3) is 1.48. The van der Waals surface area contributed by atoms with E-state index in [2.05, 4.69) is 30.3 Å². The van der Waals surface area contributed by atoms with Crippen LogP contribution >= 0.6 is 0 Å². The van der Waals surface area contributed by atoms with E-state index in [-0.39, 0.29) is 0 Å². The number of benzene rings is 1. The highest BCUT2D eigenvalue weighted by Gasteiger charge is 2.61. The second-order valence-electron chi connectivity index (χ2n) is 6.54. The van der Waals surface area contributed by atoms with Crippen LogP contribution < -0.4 is 0 Å². The maximum absolute atomic E-state index is 9.83. The second kappa shape index (κ2) is 3.35. The third-order valence-electron chi connectivity index (χ3n) is 5.53. The fourth-order valence-electron chi connectivity index (χ4n) is 4.43. The summed E-state index contributed by atoms with van der Waals surface area (Å²) in [5.41, 5.74) is 1.79. The number of hydrogen-bond acceptors (Lipinski definition) is 1. The lowest BCUT2D eigenvalue weighted by Gasteiger charge is -2.29. The first-order valence-electron chi connectivity index (χ1n) is 6.98. The molecule has 3 fully saturated rings. The molecular weight excluding hydrogens is 208 g/mol. The first-order valence-corrected chi connectivity index (χ1v) is 6.98. The summed E-state index contributed by atoms with van der Waals surface area (Å²) in [4.78, 5) is 0. The van der Waals surface area contributed by atoms with Gasteiger partial charge in [-0.05, 0) is 60.3 Å². The quantitative estimate of drug-likeness (QED) is 0.842. The molecule has 1 nitrogen and oxygen atoms in total. The first kappa shape index (κ1) is 10.1. The number of fused-ring (bicyclic) bond motifs is 1. The Morgan fingerprint density at radius 1 is 1.06 bits per heavy atom. The molecule has 1 aromatic rings. The Hall–Kier alpha value is -0.820. The van der Waals surface area contributed by atoms with Gasteiger partial charge in [0.15, 0.2) is 0 Å². The SMILES string of the molecule is OCC1(C2CC2c2ccccc2)CC2CC2C1. The van der Waals surface area contributed by atoms with Crippen LogP contribution in [0, 0.1) is 23.2 Å². The second-order valence-corrected chi connectivity index (χ2v) is 6.54. The molecule has 0 bridgehead atoms. The monoisotopic (exact) mass is 228 g/mol. The average Bonchev–Trinajstić information content (AvgIpc) is 3.29. The predicted octanol–water partition coefficient (Wildman–Crippen LogP) is 3.20. The van der Waals surface area contributed by atoms with Crippen molar-refractivity contribution in [2.24, 2.45) is 23.2 Å². The molecule has 0 aromatic heterocycles. The molecule has 3 aliphatic carbocycles. The molecule has 4 unspecified atom stereocenters. The Balaban J connectivity index is 1.54. The largest absolute Gasteiger partial charge is 0.396 e. The minimum absolute atomic E-state index is 0.300. The zero-order valence-corrected chi connectivity index (χ0v) is 10.2. The van der Waals surface area contributed by atoms with Crippen LogP contribution in [0.25, 0.3) is 0 Å². The number of aliphatic hydroxyl groups excluding tert-OH is 1. The van der Waals surface area contributed by atoms with Gasteiger partial charge in [0.25, 0.3) is 0 Å². The summed E-state index contributed by atoms with van der Waals surface area (Å²) in [5, 5.41) is 9.83. The maximum Gasteiger partial charge on any atom is 0.0490 e. The lowest BCUT2D eigenvalue weighted by molar-refractivity contribution is 0.0920. The fourth-order valence-corrected chi connectivity index (χ4v) is 4.43. The van der Waals surface area contributed by atoms with Gasteiger partial charge in [0, 0.05) is 6.61 Å². The Kier molecular flexibility index (Phi) is 2.00. The van der Waals surface area contributed by atoms with Crippen LogP contribution in [0.3, 0.4) is 0 Å². The molecule has 0 amide bonds. The van der Waals surface area contributed by atoms with E-state index in [9.17, 15) is 5.11 Å². The molecule has 90 valence electrons. The van der Waals surface area contributed by atoms with Gasteiger partial charge in [0.05, 0.1) is 0 Å². The van der Waals surface area contributed by atoms with Crippen molar-refractivity contribution >= 4 is 0 Å². The molecule has 0 heterocycles. The average molecular weight is 228 g/mol. The number of hydrogen-bond donors (Lipinski definition) is 1. The van der Waals surface area contributed by atoms with E-state index < -0.39 is 0 Å². The van der Waals surface area contributed by atoms with Crippen LogP contribution in [0.4, 0.5) is 0 Å². The van der Waals surface area contributed by atoms with Crippen LogP contribution in [0.5, 0.6) is 0 Å². The molecule has 4 atom stereocenters. The molecule has 3 saturated carbocycles. The van der Waals surface area contributed by atoms with Crippen molar-refractivity contribution in [2.45, 2.75) is 31.6 Å². The highest BCUT2D eigenvalue weighted by atomic mass is 16.3. The molecule has 0 radical (unpaired) electrons. The highest BCUT2D eigenvalue weighted by Crippen LogP contribution is 2.69. The van der Waals surface area contributed by atoms with Crippen molar-refractivity contribution in [3.05, 3.63) is 35.9 Å². The van der Waals surface area contributed by atoms with Crippen molar-refractivity contribution in [3.8, 4) is 0 Å². The number of rotatable bonds is 3. The Morgan fingerprint density at radius 3 is 2.41 bits per heavy atom. The van der Waals surface area contributed by atoms with Crippen LogP contribution in [0.1, 0.15) is 37.2 Å². The summed E-state index contributed by atoms with van der Waals surface area (Å²) in [6, 6.07) is 10.9. The molecule has 3 aliphatic rings. The molecule has 1 aromatic carbocycles. The standard InChI is InChI=1S/C16H20O/c17-10-16(8-12-6-13(12)9-16)15-7-14(15)11-4-2-1-3-5-11/h1-5,12-15,17H,6-10H2. The minimum Gasteiger partial charge on any atom is -0.396 e. The van der Waals surface area contributed by atoms with Crippen molar-refractivity contribution < 1.29 is 5.11 Å². The summed E-state index contributed by atoms with van der Waals surface area (Å²) < 4.78 is 0. The minimum atomic E-state index is 0.300. The molecule has 0 aliphatic heterocycles. The molecule has 0 saturated heterocycles.